The molecular weight excluding hydrogens is 428 g/mol. The van der Waals surface area contributed by atoms with Gasteiger partial charge in [0.25, 0.3) is 0 Å². The van der Waals surface area contributed by atoms with Gasteiger partial charge in [0.05, 0.1) is 32.3 Å². The van der Waals surface area contributed by atoms with Crippen molar-refractivity contribution in [2.45, 2.75) is 25.0 Å². The fourth-order valence-electron chi connectivity index (χ4n) is 3.04. The van der Waals surface area contributed by atoms with E-state index in [2.05, 4.69) is 32.6 Å². The van der Waals surface area contributed by atoms with Gasteiger partial charge in [-0.2, -0.15) is 5.10 Å². The van der Waals surface area contributed by atoms with Crippen molar-refractivity contribution in [3.05, 3.63) is 36.0 Å². The second-order valence-electron chi connectivity index (χ2n) is 6.83. The Morgan fingerprint density at radius 1 is 1.19 bits per heavy atom. The Labute approximate surface area is 191 Å². The number of nitrogens with zero attached hydrogens (tertiary/aromatic N) is 4. The second-order valence-corrected chi connectivity index (χ2v) is 7.60. The molecule has 170 valence electrons. The maximum absolute atomic E-state index is 12.2. The molecule has 2 N–H and O–H groups in total. The van der Waals surface area contributed by atoms with Crippen LogP contribution in [0.15, 0.2) is 35.6 Å². The van der Waals surface area contributed by atoms with E-state index in [1.165, 1.54) is 17.8 Å². The van der Waals surface area contributed by atoms with Crippen molar-refractivity contribution < 1.29 is 14.3 Å². The average Bonchev–Trinajstić information content (AvgIpc) is 3.23. The minimum atomic E-state index is -0.194. The number of carbonyl (C=O) groups excluding carboxylic acids is 1. The first-order valence-electron chi connectivity index (χ1n) is 10.3. The van der Waals surface area contributed by atoms with E-state index in [-0.39, 0.29) is 5.91 Å². The predicted octanol–water partition coefficient (Wildman–Crippen LogP) is 3.22. The Hall–Kier alpha value is -3.27. The molecule has 0 fully saturated rings. The van der Waals surface area contributed by atoms with Gasteiger partial charge in [0.1, 0.15) is 5.82 Å². The third kappa shape index (κ3) is 5.70. The standard InChI is InChI=1S/C22H28N6O3S/c1-5-10-24-20-16-14-25-28(21(16)27-22(26-20)32-4)12-11-23-19(29)9-7-15-6-8-17(30-2)18(13-15)31-3/h6-9,13-14H,5,10-12H2,1-4H3,(H,23,29)(H,24,26,27)/b9-7-. The van der Waals surface area contributed by atoms with E-state index in [0.717, 1.165) is 35.4 Å². The van der Waals surface area contributed by atoms with Crippen molar-refractivity contribution in [3.8, 4) is 11.5 Å². The lowest BCUT2D eigenvalue weighted by molar-refractivity contribution is -0.116. The van der Waals surface area contributed by atoms with Gasteiger partial charge in [-0.1, -0.05) is 24.8 Å². The van der Waals surface area contributed by atoms with Crippen LogP contribution in [0.25, 0.3) is 17.1 Å². The molecule has 0 saturated heterocycles. The Morgan fingerprint density at radius 3 is 2.72 bits per heavy atom. The third-order valence-electron chi connectivity index (χ3n) is 4.66. The van der Waals surface area contributed by atoms with Crippen molar-refractivity contribution in [1.82, 2.24) is 25.1 Å². The molecule has 32 heavy (non-hydrogen) atoms. The van der Waals surface area contributed by atoms with Crippen LogP contribution < -0.4 is 20.1 Å². The third-order valence-corrected chi connectivity index (χ3v) is 5.21. The van der Waals surface area contributed by atoms with Crippen LogP contribution in [0.5, 0.6) is 11.5 Å². The summed E-state index contributed by atoms with van der Waals surface area (Å²) in [4.78, 5) is 21.4. The van der Waals surface area contributed by atoms with Crippen molar-refractivity contribution in [1.29, 1.82) is 0 Å². The summed E-state index contributed by atoms with van der Waals surface area (Å²) < 4.78 is 12.3. The van der Waals surface area contributed by atoms with Gasteiger partial charge in [-0.3, -0.25) is 4.79 Å². The summed E-state index contributed by atoms with van der Waals surface area (Å²) >= 11 is 1.48. The molecule has 0 saturated carbocycles. The number of amides is 1. The Morgan fingerprint density at radius 2 is 2.00 bits per heavy atom. The number of methoxy groups -OCH3 is 2. The zero-order valence-corrected chi connectivity index (χ0v) is 19.5. The van der Waals surface area contributed by atoms with Crippen molar-refractivity contribution in [2.24, 2.45) is 0 Å². The van der Waals surface area contributed by atoms with Gasteiger partial charge in [-0.25, -0.2) is 14.6 Å². The summed E-state index contributed by atoms with van der Waals surface area (Å²) in [5, 5.41) is 12.2. The molecule has 3 aromatic rings. The van der Waals surface area contributed by atoms with Crippen molar-refractivity contribution in [2.75, 3.05) is 38.9 Å². The van der Waals surface area contributed by atoms with E-state index in [4.69, 9.17) is 9.47 Å². The Bertz CT molecular complexity index is 1100. The van der Waals surface area contributed by atoms with Crippen LogP contribution >= 0.6 is 11.8 Å². The minimum Gasteiger partial charge on any atom is -0.493 e. The van der Waals surface area contributed by atoms with Crippen LogP contribution in [0.1, 0.15) is 18.9 Å². The molecular formula is C22H28N6O3S. The number of anilines is 1. The first-order valence-corrected chi connectivity index (χ1v) is 11.5. The lowest BCUT2D eigenvalue weighted by Crippen LogP contribution is -2.25. The van der Waals surface area contributed by atoms with Crippen LogP contribution in [0, 0.1) is 0 Å². The molecule has 1 amide bonds. The zero-order valence-electron chi connectivity index (χ0n) is 18.7. The molecule has 1 aromatic carbocycles. The molecule has 10 heteroatoms. The molecule has 9 nitrogen and oxygen atoms in total. The molecule has 0 aliphatic rings. The van der Waals surface area contributed by atoms with Crippen LogP contribution in [0.4, 0.5) is 5.82 Å². The summed E-state index contributed by atoms with van der Waals surface area (Å²) in [6.45, 7) is 3.85. The molecule has 2 heterocycles. The van der Waals surface area contributed by atoms with E-state index in [0.29, 0.717) is 29.7 Å². The van der Waals surface area contributed by atoms with Gasteiger partial charge in [0.15, 0.2) is 22.3 Å². The summed E-state index contributed by atoms with van der Waals surface area (Å²) in [5.41, 5.74) is 1.59. The SMILES string of the molecule is CCCNc1nc(SC)nc2c1cnn2CCNC(=O)/C=C\c1ccc(OC)c(OC)c1. The highest BCUT2D eigenvalue weighted by atomic mass is 32.2. The number of carbonyl (C=O) groups is 1. The van der Waals surface area contributed by atoms with Gasteiger partial charge in [0, 0.05) is 19.2 Å². The number of hydrogen-bond donors (Lipinski definition) is 2. The number of fused-ring (bicyclic) bond motifs is 1. The van der Waals surface area contributed by atoms with Gasteiger partial charge in [-0.15, -0.1) is 0 Å². The number of nitrogens with one attached hydrogen (secondary N) is 2. The average molecular weight is 457 g/mol. The Kier molecular flexibility index (Phi) is 8.32. The summed E-state index contributed by atoms with van der Waals surface area (Å²) in [6.07, 6.45) is 7.91. The molecule has 0 radical (unpaired) electrons. The minimum absolute atomic E-state index is 0.194. The number of ether oxygens (including phenoxy) is 2. The highest BCUT2D eigenvalue weighted by Gasteiger charge is 2.12. The van der Waals surface area contributed by atoms with Gasteiger partial charge in [-0.05, 0) is 36.4 Å². The molecule has 0 aliphatic heterocycles. The van der Waals surface area contributed by atoms with Crippen molar-refractivity contribution in [3.63, 3.8) is 0 Å². The van der Waals surface area contributed by atoms with E-state index in [9.17, 15) is 4.79 Å². The quantitative estimate of drug-likeness (QED) is 0.258. The molecule has 0 atom stereocenters. The van der Waals surface area contributed by atoms with Gasteiger partial charge in [0.2, 0.25) is 5.91 Å². The van der Waals surface area contributed by atoms with Gasteiger partial charge >= 0.3 is 0 Å². The van der Waals surface area contributed by atoms with Crippen LogP contribution in [0.2, 0.25) is 0 Å². The van der Waals surface area contributed by atoms with E-state index < -0.39 is 0 Å². The van der Waals surface area contributed by atoms with E-state index in [1.54, 1.807) is 37.2 Å². The van der Waals surface area contributed by atoms with E-state index in [1.807, 2.05) is 18.4 Å². The normalized spacial score (nSPS) is 11.1. The lowest BCUT2D eigenvalue weighted by atomic mass is 10.2. The zero-order chi connectivity index (χ0) is 22.9. The predicted molar refractivity (Wildman–Crippen MR) is 127 cm³/mol. The second kappa shape index (κ2) is 11.4. The fourth-order valence-corrected chi connectivity index (χ4v) is 3.40. The summed E-state index contributed by atoms with van der Waals surface area (Å²) in [6, 6.07) is 5.47. The molecule has 0 bridgehead atoms. The first kappa shape index (κ1) is 23.4. The van der Waals surface area contributed by atoms with Crippen LogP contribution in [-0.2, 0) is 11.3 Å². The van der Waals surface area contributed by atoms with Gasteiger partial charge < -0.3 is 20.1 Å². The van der Waals surface area contributed by atoms with Crippen LogP contribution in [-0.4, -0.2) is 59.2 Å². The number of aromatic nitrogens is 4. The molecule has 0 unspecified atom stereocenters. The number of thioether (sulfide) groups is 1. The van der Waals surface area contributed by atoms with Crippen LogP contribution in [0.3, 0.4) is 0 Å². The molecule has 0 spiro atoms. The highest BCUT2D eigenvalue weighted by molar-refractivity contribution is 7.98. The summed E-state index contributed by atoms with van der Waals surface area (Å²) in [7, 11) is 3.16. The monoisotopic (exact) mass is 456 g/mol. The maximum Gasteiger partial charge on any atom is 0.244 e. The maximum atomic E-state index is 12.2. The number of hydrogen-bond acceptors (Lipinski definition) is 8. The fraction of sp³-hybridized carbons (Fsp3) is 0.364. The summed E-state index contributed by atoms with van der Waals surface area (Å²) in [5.74, 6) is 1.84. The Balaban J connectivity index is 1.62. The molecule has 0 aliphatic carbocycles. The smallest absolute Gasteiger partial charge is 0.244 e. The lowest BCUT2D eigenvalue weighted by Gasteiger charge is -2.08. The largest absolute Gasteiger partial charge is 0.493 e. The molecule has 2 aromatic heterocycles. The van der Waals surface area contributed by atoms with Crippen molar-refractivity contribution >= 4 is 40.6 Å². The number of rotatable bonds is 11. The highest BCUT2D eigenvalue weighted by Crippen LogP contribution is 2.28. The van der Waals surface area contributed by atoms with E-state index >= 15 is 0 Å². The first-order chi connectivity index (χ1) is 15.6. The number of benzene rings is 1. The topological polar surface area (TPSA) is 103 Å². The molecule has 3 rings (SSSR count).